The molecule has 1 aromatic carbocycles. The van der Waals surface area contributed by atoms with Gasteiger partial charge in [-0.2, -0.15) is 0 Å². The molecule has 84 valence electrons. The van der Waals surface area contributed by atoms with Gasteiger partial charge in [0.2, 0.25) is 0 Å². The molecular weight excluding hydrogens is 200 g/mol. The van der Waals surface area contributed by atoms with Gasteiger partial charge in [0.05, 0.1) is 5.57 Å². The molecule has 2 nitrogen and oxygen atoms in total. The van der Waals surface area contributed by atoms with Crippen LogP contribution in [0.4, 0.5) is 0 Å². The van der Waals surface area contributed by atoms with Crippen molar-refractivity contribution in [3.05, 3.63) is 53.3 Å². The number of aliphatic carboxylic acids is 1. The fourth-order valence-electron chi connectivity index (χ4n) is 1.33. The van der Waals surface area contributed by atoms with Crippen LogP contribution in [0.5, 0.6) is 0 Å². The maximum atomic E-state index is 11.0. The Balaban J connectivity index is 2.81. The lowest BCUT2D eigenvalue weighted by molar-refractivity contribution is -0.132. The average molecular weight is 216 g/mol. The number of hydrogen-bond acceptors (Lipinski definition) is 1. The first kappa shape index (κ1) is 12.3. The summed E-state index contributed by atoms with van der Waals surface area (Å²) in [4.78, 5) is 11.0. The molecule has 0 aliphatic rings. The standard InChI is InChI=1S/C14H16O2/c1-2-3-5-10-13(14(15)16)11-12-8-6-4-7-9-12/h4-9H,2-3,11H2,1H3,(H,15,16). The Labute approximate surface area is 95.9 Å². The number of benzene rings is 1. The molecule has 0 aliphatic carbocycles. The van der Waals surface area contributed by atoms with E-state index in [-0.39, 0.29) is 0 Å². The topological polar surface area (TPSA) is 37.3 Å². The minimum atomic E-state index is -0.892. The minimum absolute atomic E-state index is 0.319. The molecule has 0 spiro atoms. The summed E-state index contributed by atoms with van der Waals surface area (Å²) >= 11 is 0. The Morgan fingerprint density at radius 2 is 2.06 bits per heavy atom. The highest BCUT2D eigenvalue weighted by molar-refractivity contribution is 5.86. The zero-order valence-corrected chi connectivity index (χ0v) is 9.44. The Morgan fingerprint density at radius 1 is 1.38 bits per heavy atom. The maximum absolute atomic E-state index is 11.0. The van der Waals surface area contributed by atoms with Crippen LogP contribution >= 0.6 is 0 Å². The molecule has 0 atom stereocenters. The fourth-order valence-corrected chi connectivity index (χ4v) is 1.33. The molecule has 1 rings (SSSR count). The molecule has 0 unspecified atom stereocenters. The predicted octanol–water partition coefficient (Wildman–Crippen LogP) is 3.20. The number of carboxylic acid groups (broad SMARTS) is 1. The van der Waals surface area contributed by atoms with E-state index >= 15 is 0 Å². The molecule has 0 bridgehead atoms. The van der Waals surface area contributed by atoms with E-state index in [2.05, 4.69) is 12.7 Å². The van der Waals surface area contributed by atoms with E-state index in [0.29, 0.717) is 12.0 Å². The summed E-state index contributed by atoms with van der Waals surface area (Å²) in [6.07, 6.45) is 4.10. The lowest BCUT2D eigenvalue weighted by Crippen LogP contribution is -2.02. The van der Waals surface area contributed by atoms with Gasteiger partial charge in [0.1, 0.15) is 0 Å². The average Bonchev–Trinajstić information content (AvgIpc) is 2.29. The van der Waals surface area contributed by atoms with Crippen LogP contribution in [0, 0.1) is 0 Å². The first-order chi connectivity index (χ1) is 7.74. The molecule has 16 heavy (non-hydrogen) atoms. The van der Waals surface area contributed by atoms with E-state index in [4.69, 9.17) is 5.11 Å². The zero-order valence-electron chi connectivity index (χ0n) is 9.44. The van der Waals surface area contributed by atoms with Crippen LogP contribution in [-0.2, 0) is 11.2 Å². The van der Waals surface area contributed by atoms with Crippen LogP contribution in [0.15, 0.2) is 47.7 Å². The Morgan fingerprint density at radius 3 is 2.62 bits per heavy atom. The molecule has 0 fully saturated rings. The van der Waals surface area contributed by atoms with Crippen molar-refractivity contribution in [2.75, 3.05) is 0 Å². The second-order valence-corrected chi connectivity index (χ2v) is 3.58. The molecule has 0 amide bonds. The summed E-state index contributed by atoms with van der Waals surface area (Å²) in [5.41, 5.74) is 4.18. The highest BCUT2D eigenvalue weighted by Crippen LogP contribution is 2.07. The van der Waals surface area contributed by atoms with Crippen molar-refractivity contribution in [3.8, 4) is 0 Å². The maximum Gasteiger partial charge on any atom is 0.339 e. The van der Waals surface area contributed by atoms with Crippen molar-refractivity contribution in [2.24, 2.45) is 0 Å². The third-order valence-corrected chi connectivity index (χ3v) is 2.19. The van der Waals surface area contributed by atoms with Crippen molar-refractivity contribution in [1.29, 1.82) is 0 Å². The largest absolute Gasteiger partial charge is 0.477 e. The van der Waals surface area contributed by atoms with E-state index in [1.165, 1.54) is 0 Å². The summed E-state index contributed by atoms with van der Waals surface area (Å²) in [6.45, 7) is 2.05. The predicted molar refractivity (Wildman–Crippen MR) is 64.3 cm³/mol. The van der Waals surface area contributed by atoms with E-state index in [1.54, 1.807) is 6.08 Å². The lowest BCUT2D eigenvalue weighted by atomic mass is 10.1. The summed E-state index contributed by atoms with van der Waals surface area (Å²) in [5, 5.41) is 9.01. The van der Waals surface area contributed by atoms with Crippen molar-refractivity contribution >= 4 is 5.97 Å². The first-order valence-corrected chi connectivity index (χ1v) is 5.45. The van der Waals surface area contributed by atoms with Gasteiger partial charge in [0.15, 0.2) is 0 Å². The van der Waals surface area contributed by atoms with Gasteiger partial charge in [-0.15, -0.1) is 5.73 Å². The molecular formula is C14H16O2. The van der Waals surface area contributed by atoms with Crippen molar-refractivity contribution in [3.63, 3.8) is 0 Å². The molecule has 0 saturated heterocycles. The fraction of sp³-hybridized carbons (Fsp3) is 0.286. The number of carbonyl (C=O) groups is 1. The number of unbranched alkanes of at least 4 members (excludes halogenated alkanes) is 1. The van der Waals surface area contributed by atoms with E-state index in [0.717, 1.165) is 18.4 Å². The van der Waals surface area contributed by atoms with Gasteiger partial charge in [0.25, 0.3) is 0 Å². The van der Waals surface area contributed by atoms with E-state index in [9.17, 15) is 4.79 Å². The number of rotatable bonds is 5. The highest BCUT2D eigenvalue weighted by atomic mass is 16.4. The van der Waals surface area contributed by atoms with Gasteiger partial charge >= 0.3 is 5.97 Å². The van der Waals surface area contributed by atoms with Gasteiger partial charge in [-0.3, -0.25) is 0 Å². The number of hydrogen-bond donors (Lipinski definition) is 1. The first-order valence-electron chi connectivity index (χ1n) is 5.45. The second-order valence-electron chi connectivity index (χ2n) is 3.58. The van der Waals surface area contributed by atoms with Crippen LogP contribution in [0.1, 0.15) is 25.3 Å². The molecule has 0 saturated carbocycles. The minimum Gasteiger partial charge on any atom is -0.477 e. The second kappa shape index (κ2) is 6.65. The SMILES string of the molecule is CCCC=C=C(Cc1ccccc1)C(=O)O. The summed E-state index contributed by atoms with van der Waals surface area (Å²) < 4.78 is 0. The zero-order chi connectivity index (χ0) is 11.8. The Hall–Kier alpha value is -1.79. The van der Waals surface area contributed by atoms with Crippen molar-refractivity contribution in [2.45, 2.75) is 26.2 Å². The highest BCUT2D eigenvalue weighted by Gasteiger charge is 2.06. The van der Waals surface area contributed by atoms with Gasteiger partial charge in [-0.1, -0.05) is 43.7 Å². The van der Waals surface area contributed by atoms with E-state index < -0.39 is 5.97 Å². The number of carboxylic acids is 1. The van der Waals surface area contributed by atoms with Gasteiger partial charge in [-0.05, 0) is 18.1 Å². The van der Waals surface area contributed by atoms with Crippen LogP contribution in [0.3, 0.4) is 0 Å². The normalized spacial score (nSPS) is 9.31. The molecule has 0 heterocycles. The molecule has 1 aromatic rings. The van der Waals surface area contributed by atoms with Crippen LogP contribution in [0.25, 0.3) is 0 Å². The smallest absolute Gasteiger partial charge is 0.339 e. The third kappa shape index (κ3) is 4.16. The summed E-state index contributed by atoms with van der Waals surface area (Å²) in [5.74, 6) is -0.892. The third-order valence-electron chi connectivity index (χ3n) is 2.19. The monoisotopic (exact) mass is 216 g/mol. The Bertz CT molecular complexity index is 398. The molecule has 1 N–H and O–H groups in total. The van der Waals surface area contributed by atoms with Gasteiger partial charge in [0, 0.05) is 6.42 Å². The molecule has 2 heteroatoms. The lowest BCUT2D eigenvalue weighted by Gasteiger charge is -1.99. The molecule has 0 aliphatic heterocycles. The van der Waals surface area contributed by atoms with Crippen molar-refractivity contribution < 1.29 is 9.90 Å². The van der Waals surface area contributed by atoms with Gasteiger partial charge in [-0.25, -0.2) is 4.79 Å². The van der Waals surface area contributed by atoms with Crippen LogP contribution < -0.4 is 0 Å². The summed E-state index contributed by atoms with van der Waals surface area (Å²) in [6, 6.07) is 9.57. The van der Waals surface area contributed by atoms with Gasteiger partial charge < -0.3 is 5.11 Å². The van der Waals surface area contributed by atoms with Crippen LogP contribution in [-0.4, -0.2) is 11.1 Å². The van der Waals surface area contributed by atoms with Crippen LogP contribution in [0.2, 0.25) is 0 Å². The Kier molecular flexibility index (Phi) is 5.10. The molecule has 0 radical (unpaired) electrons. The van der Waals surface area contributed by atoms with E-state index in [1.807, 2.05) is 30.3 Å². The molecule has 0 aromatic heterocycles. The quantitative estimate of drug-likeness (QED) is 0.606. The summed E-state index contributed by atoms with van der Waals surface area (Å²) in [7, 11) is 0. The van der Waals surface area contributed by atoms with Crippen molar-refractivity contribution in [1.82, 2.24) is 0 Å².